The predicted octanol–water partition coefficient (Wildman–Crippen LogP) is 2.54. The summed E-state index contributed by atoms with van der Waals surface area (Å²) < 4.78 is 4.86. The van der Waals surface area contributed by atoms with E-state index < -0.39 is 5.97 Å². The van der Waals surface area contributed by atoms with Crippen molar-refractivity contribution in [1.82, 2.24) is 0 Å². The van der Waals surface area contributed by atoms with Crippen molar-refractivity contribution < 1.29 is 9.53 Å². The van der Waals surface area contributed by atoms with Crippen LogP contribution >= 0.6 is 0 Å². The Morgan fingerprint density at radius 2 is 2.27 bits per heavy atom. The van der Waals surface area contributed by atoms with Crippen LogP contribution in [0.25, 0.3) is 0 Å². The Morgan fingerprint density at radius 3 is 2.93 bits per heavy atom. The average Bonchev–Trinajstić information content (AvgIpc) is 2.27. The maximum Gasteiger partial charge on any atom is 0.340 e. The molecule has 0 atom stereocenters. The Kier molecular flexibility index (Phi) is 4.05. The van der Waals surface area contributed by atoms with Crippen molar-refractivity contribution in [2.75, 3.05) is 6.61 Å². The molecule has 0 unspecified atom stereocenters. The highest BCUT2D eigenvalue weighted by Crippen LogP contribution is 2.19. The van der Waals surface area contributed by atoms with E-state index in [2.05, 4.69) is 10.2 Å². The van der Waals surface area contributed by atoms with Gasteiger partial charge in [-0.3, -0.25) is 0 Å². The zero-order valence-corrected chi connectivity index (χ0v) is 8.30. The third kappa shape index (κ3) is 2.92. The lowest BCUT2D eigenvalue weighted by Crippen LogP contribution is -2.04. The number of benzene rings is 1. The fraction of sp³-hybridized carbons (Fsp3) is 0.182. The molecular formula is C11H10N2O2. The number of ether oxygens (including phenoxy) is 1. The van der Waals surface area contributed by atoms with Crippen molar-refractivity contribution in [3.8, 4) is 12.5 Å². The minimum atomic E-state index is -0.427. The lowest BCUT2D eigenvalue weighted by molar-refractivity contribution is 0.0527. The van der Waals surface area contributed by atoms with Gasteiger partial charge in [-0.2, -0.15) is 0 Å². The highest BCUT2D eigenvalue weighted by molar-refractivity contribution is 5.94. The molecule has 1 aromatic rings. The first kappa shape index (κ1) is 10.9. The molecule has 0 spiro atoms. The molecule has 0 bridgehead atoms. The smallest absolute Gasteiger partial charge is 0.340 e. The Bertz CT molecular complexity index is 419. The molecule has 0 aromatic heterocycles. The number of nitrogens with zero attached hydrogens (tertiary/aromatic N) is 2. The zero-order chi connectivity index (χ0) is 11.1. The van der Waals surface area contributed by atoms with Crippen molar-refractivity contribution in [3.63, 3.8) is 0 Å². The van der Waals surface area contributed by atoms with E-state index in [0.29, 0.717) is 17.9 Å². The minimum Gasteiger partial charge on any atom is -0.462 e. The van der Waals surface area contributed by atoms with Crippen LogP contribution in [0.2, 0.25) is 0 Å². The molecule has 0 radical (unpaired) electrons. The van der Waals surface area contributed by atoms with Crippen LogP contribution in [0.4, 0.5) is 5.69 Å². The second kappa shape index (κ2) is 5.55. The van der Waals surface area contributed by atoms with Crippen molar-refractivity contribution in [2.24, 2.45) is 10.2 Å². The van der Waals surface area contributed by atoms with Gasteiger partial charge >= 0.3 is 5.97 Å². The Hall–Kier alpha value is -2.15. The third-order valence-corrected chi connectivity index (χ3v) is 1.61. The van der Waals surface area contributed by atoms with Crippen LogP contribution in [-0.4, -0.2) is 12.6 Å². The van der Waals surface area contributed by atoms with Crippen LogP contribution in [0.15, 0.2) is 34.5 Å². The number of carbonyl (C=O) groups excluding carboxylic acids is 1. The van der Waals surface area contributed by atoms with Crippen molar-refractivity contribution in [3.05, 3.63) is 29.8 Å². The Balaban J connectivity index is 3.02. The van der Waals surface area contributed by atoms with Gasteiger partial charge in [0.05, 0.1) is 18.2 Å². The van der Waals surface area contributed by atoms with Gasteiger partial charge in [-0.05, 0) is 19.1 Å². The number of azo groups is 1. The molecule has 0 amide bonds. The average molecular weight is 202 g/mol. The largest absolute Gasteiger partial charge is 0.462 e. The highest BCUT2D eigenvalue weighted by atomic mass is 16.5. The molecule has 0 aliphatic heterocycles. The van der Waals surface area contributed by atoms with E-state index in [-0.39, 0.29) is 0 Å². The van der Waals surface area contributed by atoms with Crippen molar-refractivity contribution >= 4 is 11.7 Å². The molecule has 4 heteroatoms. The number of hydrogen-bond acceptors (Lipinski definition) is 4. The molecule has 0 saturated carbocycles. The van der Waals surface area contributed by atoms with E-state index in [4.69, 9.17) is 11.2 Å². The molecule has 0 aliphatic carbocycles. The molecule has 1 rings (SSSR count). The number of terminal acetylenes is 1. The van der Waals surface area contributed by atoms with E-state index in [1.807, 2.05) is 6.04 Å². The minimum absolute atomic E-state index is 0.319. The van der Waals surface area contributed by atoms with Crippen LogP contribution in [0, 0.1) is 12.5 Å². The first-order valence-electron chi connectivity index (χ1n) is 4.42. The molecule has 76 valence electrons. The highest BCUT2D eigenvalue weighted by Gasteiger charge is 2.10. The van der Waals surface area contributed by atoms with Crippen molar-refractivity contribution in [1.29, 1.82) is 0 Å². The number of rotatable bonds is 3. The lowest BCUT2D eigenvalue weighted by Gasteiger charge is -2.03. The maximum atomic E-state index is 11.5. The molecule has 4 nitrogen and oxygen atoms in total. The fourth-order valence-corrected chi connectivity index (χ4v) is 1.03. The van der Waals surface area contributed by atoms with Gasteiger partial charge in [0.2, 0.25) is 0 Å². The van der Waals surface area contributed by atoms with E-state index in [1.165, 1.54) is 0 Å². The van der Waals surface area contributed by atoms with Crippen LogP contribution in [-0.2, 0) is 4.74 Å². The standard InChI is InChI=1S/C11H10N2O2/c1-3-12-13-10-8-6-5-7-9(10)11(14)15-4-2/h1,5-8H,4H2,2H3. The normalized spacial score (nSPS) is 9.87. The summed E-state index contributed by atoms with van der Waals surface area (Å²) >= 11 is 0. The maximum absolute atomic E-state index is 11.5. The SMILES string of the molecule is C#CN=Nc1ccccc1C(=O)OCC. The van der Waals surface area contributed by atoms with E-state index in [0.717, 1.165) is 0 Å². The number of hydrogen-bond donors (Lipinski definition) is 0. The summed E-state index contributed by atoms with van der Waals surface area (Å²) in [6.45, 7) is 2.06. The second-order valence-electron chi connectivity index (χ2n) is 2.57. The van der Waals surface area contributed by atoms with Gasteiger partial charge in [-0.25, -0.2) is 4.79 Å². The Labute approximate surface area is 88.0 Å². The monoisotopic (exact) mass is 202 g/mol. The molecule has 0 saturated heterocycles. The van der Waals surface area contributed by atoms with Crippen LogP contribution in [0.5, 0.6) is 0 Å². The van der Waals surface area contributed by atoms with E-state index in [1.54, 1.807) is 31.2 Å². The van der Waals surface area contributed by atoms with Gasteiger partial charge in [-0.15, -0.1) is 5.11 Å². The molecule has 0 N–H and O–H groups in total. The van der Waals surface area contributed by atoms with Crippen LogP contribution in [0.1, 0.15) is 17.3 Å². The Morgan fingerprint density at radius 1 is 1.53 bits per heavy atom. The summed E-state index contributed by atoms with van der Waals surface area (Å²) in [6.07, 6.45) is 4.93. The van der Waals surface area contributed by atoms with Gasteiger partial charge in [0.1, 0.15) is 5.69 Å². The molecule has 0 heterocycles. The van der Waals surface area contributed by atoms with Gasteiger partial charge < -0.3 is 4.74 Å². The molecule has 1 aromatic carbocycles. The summed E-state index contributed by atoms with van der Waals surface area (Å²) in [6, 6.07) is 8.75. The van der Waals surface area contributed by atoms with Gasteiger partial charge in [-0.1, -0.05) is 23.7 Å². The molecule has 0 aliphatic rings. The number of esters is 1. The third-order valence-electron chi connectivity index (χ3n) is 1.61. The fourth-order valence-electron chi connectivity index (χ4n) is 1.03. The van der Waals surface area contributed by atoms with Gasteiger partial charge in [0.15, 0.2) is 0 Å². The van der Waals surface area contributed by atoms with Crippen LogP contribution < -0.4 is 0 Å². The predicted molar refractivity (Wildman–Crippen MR) is 55.7 cm³/mol. The first-order chi connectivity index (χ1) is 7.29. The summed E-state index contributed by atoms with van der Waals surface area (Å²) in [5.74, 6) is -0.427. The van der Waals surface area contributed by atoms with Gasteiger partial charge in [0.25, 0.3) is 0 Å². The topological polar surface area (TPSA) is 51.0 Å². The first-order valence-corrected chi connectivity index (χ1v) is 4.42. The quantitative estimate of drug-likeness (QED) is 0.429. The summed E-state index contributed by atoms with van der Waals surface area (Å²) in [7, 11) is 0. The summed E-state index contributed by atoms with van der Waals surface area (Å²) in [5, 5.41) is 7.11. The molecular weight excluding hydrogens is 192 g/mol. The summed E-state index contributed by atoms with van der Waals surface area (Å²) in [5.41, 5.74) is 0.771. The van der Waals surface area contributed by atoms with Gasteiger partial charge in [0, 0.05) is 0 Å². The molecule has 15 heavy (non-hydrogen) atoms. The zero-order valence-electron chi connectivity index (χ0n) is 8.30. The van der Waals surface area contributed by atoms with Crippen LogP contribution in [0.3, 0.4) is 0 Å². The number of carbonyl (C=O) groups is 1. The lowest BCUT2D eigenvalue weighted by atomic mass is 10.2. The second-order valence-corrected chi connectivity index (χ2v) is 2.57. The van der Waals surface area contributed by atoms with E-state index in [9.17, 15) is 4.79 Å². The van der Waals surface area contributed by atoms with E-state index >= 15 is 0 Å². The molecule has 0 fully saturated rings. The summed E-state index contributed by atoms with van der Waals surface area (Å²) in [4.78, 5) is 11.5. The van der Waals surface area contributed by atoms with Crippen molar-refractivity contribution in [2.45, 2.75) is 6.92 Å².